The minimum atomic E-state index is -0.828. The van der Waals surface area contributed by atoms with Gasteiger partial charge >= 0.3 is 0 Å². The molecule has 0 fully saturated rings. The molecule has 0 saturated heterocycles. The van der Waals surface area contributed by atoms with Crippen molar-refractivity contribution in [1.82, 2.24) is 0 Å². The maximum atomic E-state index is 10.4. The van der Waals surface area contributed by atoms with E-state index in [-0.39, 0.29) is 17.0 Å². The molecule has 0 heterocycles. The minimum Gasteiger partial charge on any atom is -0.495 e. The SMILES string of the molecule is CO.COc1cccc(N)c1C#N.COc1cccc([N+](=O)[O-])c1C#N.N#Cc1c([N+](=O)[O-])cccc1[N+](=O)[O-]. The number of rotatable bonds is 5. The Morgan fingerprint density at radius 1 is 0.650 bits per heavy atom. The summed E-state index contributed by atoms with van der Waals surface area (Å²) in [5, 5.41) is 64.0. The standard InChI is InChI=1S/C8H6N2O3.C8H8N2O.C7H3N3O4.CH4O/c1-13-8-4-2-3-7(10(11)12)6(8)5-9;1-11-8-4-2-3-7(10)6(8)5-9;8-4-5-6(9(11)12)2-1-3-7(5)10(13)14;1-2/h2-4H,1H3;2-4H,10H2,1H3;1-3H;2H,1H3. The lowest BCUT2D eigenvalue weighted by Gasteiger charge is -2.02. The molecule has 3 N–H and O–H groups in total. The van der Waals surface area contributed by atoms with E-state index in [4.69, 9.17) is 36.1 Å². The Balaban J connectivity index is 0.000000556. The molecule has 0 aliphatic carbocycles. The third-order valence-corrected chi connectivity index (χ3v) is 4.45. The summed E-state index contributed by atoms with van der Waals surface area (Å²) in [4.78, 5) is 29.0. The molecule has 0 amide bonds. The van der Waals surface area contributed by atoms with Gasteiger partial charge in [0, 0.05) is 25.3 Å². The largest absolute Gasteiger partial charge is 0.495 e. The predicted octanol–water partition coefficient (Wildman–Crippen LogP) is 3.61. The Labute approximate surface area is 226 Å². The molecule has 0 spiro atoms. The Morgan fingerprint density at radius 3 is 1.30 bits per heavy atom. The van der Waals surface area contributed by atoms with Crippen LogP contribution in [0.5, 0.6) is 11.5 Å². The molecule has 16 nitrogen and oxygen atoms in total. The smallest absolute Gasteiger partial charge is 0.294 e. The van der Waals surface area contributed by atoms with Crippen molar-refractivity contribution < 1.29 is 29.4 Å². The normalized spacial score (nSPS) is 8.62. The molecule has 3 rings (SSSR count). The van der Waals surface area contributed by atoms with Crippen molar-refractivity contribution in [2.75, 3.05) is 27.1 Å². The number of nitrogens with zero attached hydrogens (tertiary/aromatic N) is 6. The molecule has 0 aliphatic heterocycles. The lowest BCUT2D eigenvalue weighted by Crippen LogP contribution is -1.97. The maximum Gasteiger partial charge on any atom is 0.294 e. The number of methoxy groups -OCH3 is 2. The van der Waals surface area contributed by atoms with E-state index in [1.807, 2.05) is 6.07 Å². The number of nitrogens with two attached hydrogens (primary N) is 1. The molecule has 16 heteroatoms. The summed E-state index contributed by atoms with van der Waals surface area (Å²) in [6, 6.07) is 17.8. The second-order valence-corrected chi connectivity index (χ2v) is 6.56. The first-order chi connectivity index (χ1) is 19.1. The van der Waals surface area contributed by atoms with Gasteiger partial charge in [0.05, 0.1) is 34.7 Å². The van der Waals surface area contributed by atoms with Crippen LogP contribution in [0, 0.1) is 64.3 Å². The molecule has 0 aliphatic rings. The van der Waals surface area contributed by atoms with Crippen molar-refractivity contribution in [1.29, 1.82) is 15.8 Å². The number of hydrogen-bond donors (Lipinski definition) is 2. The highest BCUT2D eigenvalue weighted by atomic mass is 16.6. The molecule has 0 saturated carbocycles. The van der Waals surface area contributed by atoms with E-state index in [9.17, 15) is 30.3 Å². The van der Waals surface area contributed by atoms with Crippen LogP contribution in [0.3, 0.4) is 0 Å². The van der Waals surface area contributed by atoms with Crippen LogP contribution in [0.2, 0.25) is 0 Å². The first-order valence-corrected chi connectivity index (χ1v) is 10.4. The second kappa shape index (κ2) is 17.2. The van der Waals surface area contributed by atoms with E-state index >= 15 is 0 Å². The molecule has 0 bridgehead atoms. The van der Waals surface area contributed by atoms with Gasteiger partial charge in [-0.05, 0) is 24.3 Å². The van der Waals surface area contributed by atoms with Crippen LogP contribution >= 0.6 is 0 Å². The van der Waals surface area contributed by atoms with Crippen molar-refractivity contribution in [2.24, 2.45) is 0 Å². The fourth-order valence-corrected chi connectivity index (χ4v) is 2.74. The lowest BCUT2D eigenvalue weighted by molar-refractivity contribution is -0.394. The Morgan fingerprint density at radius 2 is 0.975 bits per heavy atom. The first-order valence-electron chi connectivity index (χ1n) is 10.4. The topological polar surface area (TPSA) is 265 Å². The number of nitro benzene ring substituents is 3. The van der Waals surface area contributed by atoms with Crippen LogP contribution in [-0.4, -0.2) is 41.2 Å². The van der Waals surface area contributed by atoms with Gasteiger partial charge in [-0.25, -0.2) is 0 Å². The zero-order chi connectivity index (χ0) is 30.8. The van der Waals surface area contributed by atoms with Crippen molar-refractivity contribution >= 4 is 22.7 Å². The van der Waals surface area contributed by atoms with E-state index in [1.54, 1.807) is 24.3 Å². The molecular formula is C24H21N7O9. The van der Waals surface area contributed by atoms with E-state index in [0.717, 1.165) is 25.3 Å². The number of aliphatic hydroxyl groups excluding tert-OH is 1. The first kappa shape index (κ1) is 33.7. The lowest BCUT2D eigenvalue weighted by atomic mass is 10.1. The van der Waals surface area contributed by atoms with Crippen LogP contribution in [0.25, 0.3) is 0 Å². The summed E-state index contributed by atoms with van der Waals surface area (Å²) in [5.41, 5.74) is 4.44. The van der Waals surface area contributed by atoms with Gasteiger partial charge in [0.25, 0.3) is 17.1 Å². The number of aliphatic hydroxyl groups is 1. The maximum absolute atomic E-state index is 10.4. The van der Waals surface area contributed by atoms with Crippen molar-refractivity contribution in [3.8, 4) is 29.7 Å². The van der Waals surface area contributed by atoms with Crippen LogP contribution in [0.4, 0.5) is 22.7 Å². The third kappa shape index (κ3) is 8.97. The quantitative estimate of drug-likeness (QED) is 0.261. The van der Waals surface area contributed by atoms with Crippen LogP contribution in [0.1, 0.15) is 16.7 Å². The van der Waals surface area contributed by atoms with Crippen molar-refractivity contribution in [3.63, 3.8) is 0 Å². The molecule has 206 valence electrons. The number of nitriles is 3. The monoisotopic (exact) mass is 551 g/mol. The fraction of sp³-hybridized carbons (Fsp3) is 0.125. The highest BCUT2D eigenvalue weighted by molar-refractivity contribution is 5.61. The third-order valence-electron chi connectivity index (χ3n) is 4.45. The average Bonchev–Trinajstić information content (AvgIpc) is 2.97. The highest BCUT2D eigenvalue weighted by Crippen LogP contribution is 2.27. The Hall–Kier alpha value is -6.31. The summed E-state index contributed by atoms with van der Waals surface area (Å²) >= 11 is 0. The molecule has 0 aromatic heterocycles. The van der Waals surface area contributed by atoms with Gasteiger partial charge in [-0.3, -0.25) is 30.3 Å². The van der Waals surface area contributed by atoms with Crippen LogP contribution < -0.4 is 15.2 Å². The van der Waals surface area contributed by atoms with E-state index < -0.39 is 31.7 Å². The minimum absolute atomic E-state index is 0.0463. The van der Waals surface area contributed by atoms with Crippen LogP contribution in [0.15, 0.2) is 54.6 Å². The van der Waals surface area contributed by atoms with E-state index in [0.29, 0.717) is 17.0 Å². The Kier molecular flexibility index (Phi) is 14.5. The van der Waals surface area contributed by atoms with Crippen LogP contribution in [-0.2, 0) is 0 Å². The predicted molar refractivity (Wildman–Crippen MR) is 139 cm³/mol. The molecule has 40 heavy (non-hydrogen) atoms. The highest BCUT2D eigenvalue weighted by Gasteiger charge is 2.24. The Bertz CT molecular complexity index is 1460. The molecule has 3 aromatic carbocycles. The summed E-state index contributed by atoms with van der Waals surface area (Å²) in [5.74, 6) is 0.740. The summed E-state index contributed by atoms with van der Waals surface area (Å²) in [6.07, 6.45) is 0. The van der Waals surface area contributed by atoms with Gasteiger partial charge in [0.1, 0.15) is 35.3 Å². The number of ether oxygens (including phenoxy) is 2. The number of benzene rings is 3. The summed E-state index contributed by atoms with van der Waals surface area (Å²) in [6.45, 7) is 0. The number of anilines is 1. The zero-order valence-electron chi connectivity index (χ0n) is 21.2. The van der Waals surface area contributed by atoms with Gasteiger partial charge < -0.3 is 20.3 Å². The number of nitrogen functional groups attached to an aromatic ring is 1. The average molecular weight is 551 g/mol. The summed E-state index contributed by atoms with van der Waals surface area (Å²) < 4.78 is 9.71. The van der Waals surface area contributed by atoms with Crippen molar-refractivity contribution in [2.45, 2.75) is 0 Å². The number of hydrogen-bond acceptors (Lipinski definition) is 13. The second-order valence-electron chi connectivity index (χ2n) is 6.56. The number of nitro groups is 3. The summed E-state index contributed by atoms with van der Waals surface area (Å²) in [7, 11) is 3.87. The fourth-order valence-electron chi connectivity index (χ4n) is 2.74. The van der Waals surface area contributed by atoms with Gasteiger partial charge in [0.2, 0.25) is 5.56 Å². The van der Waals surface area contributed by atoms with Gasteiger partial charge in [-0.2, -0.15) is 15.8 Å². The molecule has 0 radical (unpaired) electrons. The van der Waals surface area contributed by atoms with Gasteiger partial charge in [0.15, 0.2) is 5.56 Å². The van der Waals surface area contributed by atoms with Gasteiger partial charge in [-0.15, -0.1) is 0 Å². The van der Waals surface area contributed by atoms with Gasteiger partial charge in [-0.1, -0.05) is 12.1 Å². The molecule has 3 aromatic rings. The zero-order valence-corrected chi connectivity index (χ0v) is 21.2. The molecule has 0 unspecified atom stereocenters. The molecular weight excluding hydrogens is 530 g/mol. The van der Waals surface area contributed by atoms with E-state index in [2.05, 4.69) is 0 Å². The van der Waals surface area contributed by atoms with E-state index in [1.165, 1.54) is 38.5 Å². The molecule has 0 atom stereocenters. The van der Waals surface area contributed by atoms with Crippen molar-refractivity contribution in [3.05, 3.63) is 102 Å².